The molecule has 8 heteroatoms. The smallest absolute Gasteiger partial charge is 0.306 e. The average molecular weight is 906 g/mol. The molecular weight excluding hydrogens is 811 g/mol. The molecule has 2 unspecified atom stereocenters. The van der Waals surface area contributed by atoms with Gasteiger partial charge in [-0.1, -0.05) is 188 Å². The zero-order chi connectivity index (χ0) is 47.7. The maximum absolute atomic E-state index is 12.7. The summed E-state index contributed by atoms with van der Waals surface area (Å²) in [5.41, 5.74) is 0. The van der Waals surface area contributed by atoms with Gasteiger partial charge in [-0.3, -0.25) is 9.59 Å². The number of carbonyl (C=O) groups excluding carboxylic acids is 3. The lowest BCUT2D eigenvalue weighted by Gasteiger charge is -2.34. The largest absolute Gasteiger partial charge is 0.544 e. The van der Waals surface area contributed by atoms with E-state index in [0.717, 1.165) is 70.6 Å². The third-order valence-corrected chi connectivity index (χ3v) is 11.0. The predicted octanol–water partition coefficient (Wildman–Crippen LogP) is 13.7. The van der Waals surface area contributed by atoms with E-state index in [1.165, 1.54) is 83.5 Å². The van der Waals surface area contributed by atoms with Crippen LogP contribution in [-0.2, 0) is 28.6 Å². The van der Waals surface area contributed by atoms with E-state index in [9.17, 15) is 19.5 Å². The molecule has 0 fully saturated rings. The molecule has 0 amide bonds. The molecule has 0 aromatic heterocycles. The number of hydrogen-bond donors (Lipinski definition) is 0. The maximum atomic E-state index is 12.7. The molecule has 0 aromatic carbocycles. The van der Waals surface area contributed by atoms with Crippen molar-refractivity contribution in [2.45, 2.75) is 206 Å². The second kappa shape index (κ2) is 46.8. The normalized spacial score (nSPS) is 13.7. The van der Waals surface area contributed by atoms with E-state index in [-0.39, 0.29) is 43.1 Å². The SMILES string of the molecule is CC/C=C/C/C=C/C/C=C/C/C=C/C/C=C/C/C=C/CCC(=O)OC(COCCC(C(=O)[O-])[N+](C)(C)C)COC(=O)CCCCCCCCC/C=C/C/C=C/CCCCCCCCCC. The fourth-order valence-corrected chi connectivity index (χ4v) is 7.01. The van der Waals surface area contributed by atoms with Crippen LogP contribution in [-0.4, -0.2) is 75.5 Å². The second-order valence-corrected chi connectivity index (χ2v) is 18.0. The Labute approximate surface area is 398 Å². The standard InChI is InChI=1S/C57H95NO7/c1-6-8-10-12-14-16-18-20-22-24-26-27-28-30-31-33-35-37-39-41-43-45-47-55(59)64-52-53(51-63-50-49-54(57(61)62)58(3,4)5)65-56(60)48-46-44-42-40-38-36-34-32-29-25-23-21-19-17-15-13-11-9-7-2/h9,11,15,17,21,23-24,26,28-30,32,36,38,42,44,53-54H,6-8,10,12-14,16,18-20,22,25,27,31,33-35,37,39-41,43,45-52H2,1-5H3/b11-9+,17-15+,23-21+,26-24+,30-28+,32-29+,38-36+,44-42+. The van der Waals surface area contributed by atoms with Crippen molar-refractivity contribution in [3.63, 3.8) is 0 Å². The number of rotatable bonds is 45. The third-order valence-electron chi connectivity index (χ3n) is 11.0. The van der Waals surface area contributed by atoms with Crippen molar-refractivity contribution in [2.75, 3.05) is 41.0 Å². The van der Waals surface area contributed by atoms with Crippen LogP contribution in [0.4, 0.5) is 0 Å². The highest BCUT2D eigenvalue weighted by Gasteiger charge is 2.25. The highest BCUT2D eigenvalue weighted by Crippen LogP contribution is 2.13. The number of nitrogens with zero attached hydrogens (tertiary/aromatic N) is 1. The van der Waals surface area contributed by atoms with Crippen LogP contribution in [0, 0.1) is 0 Å². The van der Waals surface area contributed by atoms with Crippen molar-refractivity contribution in [1.29, 1.82) is 0 Å². The number of hydrogen-bond acceptors (Lipinski definition) is 7. The number of carboxylic acids is 1. The van der Waals surface area contributed by atoms with E-state index < -0.39 is 24.1 Å². The summed E-state index contributed by atoms with van der Waals surface area (Å²) in [6, 6.07) is -0.746. The Hall–Kier alpha value is -3.75. The summed E-state index contributed by atoms with van der Waals surface area (Å²) in [6.45, 7) is 4.46. The third kappa shape index (κ3) is 45.2. The second-order valence-electron chi connectivity index (χ2n) is 18.0. The van der Waals surface area contributed by atoms with Crippen molar-refractivity contribution in [3.05, 3.63) is 97.2 Å². The molecule has 0 spiro atoms. The van der Waals surface area contributed by atoms with Crippen molar-refractivity contribution in [2.24, 2.45) is 0 Å². The molecule has 0 saturated heterocycles. The molecule has 0 aliphatic carbocycles. The van der Waals surface area contributed by atoms with Gasteiger partial charge in [0, 0.05) is 19.3 Å². The number of likely N-dealkylation sites (N-methyl/N-ethyl adjacent to an activating group) is 1. The van der Waals surface area contributed by atoms with Gasteiger partial charge < -0.3 is 28.6 Å². The first kappa shape index (κ1) is 61.2. The number of allylic oxidation sites excluding steroid dienone is 16. The van der Waals surface area contributed by atoms with Crippen molar-refractivity contribution < 1.29 is 38.2 Å². The summed E-state index contributed by atoms with van der Waals surface area (Å²) in [5.74, 6) is -1.86. The maximum Gasteiger partial charge on any atom is 0.306 e. The van der Waals surface area contributed by atoms with Crippen LogP contribution in [0.1, 0.15) is 194 Å². The molecule has 0 aliphatic heterocycles. The molecule has 8 nitrogen and oxygen atoms in total. The van der Waals surface area contributed by atoms with Crippen LogP contribution in [0.5, 0.6) is 0 Å². The monoisotopic (exact) mass is 906 g/mol. The van der Waals surface area contributed by atoms with Gasteiger partial charge in [0.2, 0.25) is 0 Å². The van der Waals surface area contributed by atoms with Crippen molar-refractivity contribution >= 4 is 17.9 Å². The van der Waals surface area contributed by atoms with Gasteiger partial charge in [-0.25, -0.2) is 0 Å². The van der Waals surface area contributed by atoms with Crippen LogP contribution in [0.25, 0.3) is 0 Å². The van der Waals surface area contributed by atoms with Gasteiger partial charge >= 0.3 is 11.9 Å². The minimum atomic E-state index is -1.14. The highest BCUT2D eigenvalue weighted by molar-refractivity contribution is 5.70. The van der Waals surface area contributed by atoms with Crippen molar-refractivity contribution in [1.82, 2.24) is 0 Å². The molecule has 0 aliphatic rings. The zero-order valence-electron chi connectivity index (χ0n) is 42.1. The summed E-state index contributed by atoms with van der Waals surface area (Å²) in [5, 5.41) is 11.7. The Kier molecular flexibility index (Phi) is 44.1. The Morgan fingerprint density at radius 1 is 0.477 bits per heavy atom. The Balaban J connectivity index is 4.38. The van der Waals surface area contributed by atoms with Gasteiger partial charge in [-0.15, -0.1) is 0 Å². The Bertz CT molecular complexity index is 1380. The van der Waals surface area contributed by atoms with E-state index in [2.05, 4.69) is 98.9 Å². The molecule has 0 heterocycles. The number of carbonyl (C=O) groups is 3. The van der Waals surface area contributed by atoms with Gasteiger partial charge in [0.25, 0.3) is 0 Å². The van der Waals surface area contributed by atoms with Crippen molar-refractivity contribution in [3.8, 4) is 0 Å². The molecule has 0 aromatic rings. The van der Waals surface area contributed by atoms with Gasteiger partial charge in [0.1, 0.15) is 12.6 Å². The summed E-state index contributed by atoms with van der Waals surface area (Å²) in [4.78, 5) is 37.0. The molecule has 0 bridgehead atoms. The number of quaternary nitrogens is 1. The summed E-state index contributed by atoms with van der Waals surface area (Å²) >= 11 is 0. The number of unbranched alkanes of at least 4 members (excludes halogenated alkanes) is 15. The Morgan fingerprint density at radius 2 is 0.892 bits per heavy atom. The first-order valence-electron chi connectivity index (χ1n) is 25.8. The van der Waals surface area contributed by atoms with E-state index in [1.807, 2.05) is 12.2 Å². The molecular formula is C57H95NO7. The van der Waals surface area contributed by atoms with E-state index in [4.69, 9.17) is 14.2 Å². The van der Waals surface area contributed by atoms with E-state index >= 15 is 0 Å². The highest BCUT2D eigenvalue weighted by atomic mass is 16.6. The van der Waals surface area contributed by atoms with Gasteiger partial charge in [-0.05, 0) is 83.5 Å². The van der Waals surface area contributed by atoms with Gasteiger partial charge in [0.15, 0.2) is 6.10 Å². The number of esters is 2. The fraction of sp³-hybridized carbons (Fsp3) is 0.667. The first-order valence-corrected chi connectivity index (χ1v) is 25.8. The summed E-state index contributed by atoms with van der Waals surface area (Å²) in [6.07, 6.45) is 63.1. The number of aliphatic carboxylic acids is 1. The quantitative estimate of drug-likeness (QED) is 0.0259. The number of carboxylic acid groups (broad SMARTS) is 1. The zero-order valence-corrected chi connectivity index (χ0v) is 42.1. The van der Waals surface area contributed by atoms with Crippen LogP contribution in [0.15, 0.2) is 97.2 Å². The minimum absolute atomic E-state index is 0.00207. The van der Waals surface area contributed by atoms with Crippen LogP contribution in [0.2, 0.25) is 0 Å². The van der Waals surface area contributed by atoms with E-state index in [1.54, 1.807) is 21.1 Å². The molecule has 65 heavy (non-hydrogen) atoms. The van der Waals surface area contributed by atoms with E-state index in [0.29, 0.717) is 12.8 Å². The molecule has 2 atom stereocenters. The lowest BCUT2D eigenvalue weighted by Crippen LogP contribution is -2.55. The number of ether oxygens (including phenoxy) is 3. The minimum Gasteiger partial charge on any atom is -0.544 e. The summed E-state index contributed by atoms with van der Waals surface area (Å²) < 4.78 is 17.1. The average Bonchev–Trinajstić information content (AvgIpc) is 3.27. The molecule has 370 valence electrons. The lowest BCUT2D eigenvalue weighted by atomic mass is 10.1. The van der Waals surface area contributed by atoms with Gasteiger partial charge in [-0.2, -0.15) is 0 Å². The molecule has 0 saturated carbocycles. The lowest BCUT2D eigenvalue weighted by molar-refractivity contribution is -0.889. The fourth-order valence-electron chi connectivity index (χ4n) is 7.01. The molecule has 0 radical (unpaired) electrons. The molecule has 0 N–H and O–H groups in total. The predicted molar refractivity (Wildman–Crippen MR) is 272 cm³/mol. The van der Waals surface area contributed by atoms with Crippen LogP contribution in [0.3, 0.4) is 0 Å². The van der Waals surface area contributed by atoms with Crippen LogP contribution >= 0.6 is 0 Å². The van der Waals surface area contributed by atoms with Gasteiger partial charge in [0.05, 0.1) is 40.3 Å². The van der Waals surface area contributed by atoms with Crippen LogP contribution < -0.4 is 5.11 Å². The Morgan fingerprint density at radius 3 is 1.34 bits per heavy atom. The summed E-state index contributed by atoms with van der Waals surface area (Å²) in [7, 11) is 5.38. The molecule has 0 rings (SSSR count). The topological polar surface area (TPSA) is 102 Å². The first-order chi connectivity index (χ1) is 31.6.